The molecule has 2 N–H and O–H groups in total. The van der Waals surface area contributed by atoms with Gasteiger partial charge in [-0.25, -0.2) is 0 Å². The van der Waals surface area contributed by atoms with E-state index in [9.17, 15) is 10.1 Å². The van der Waals surface area contributed by atoms with Crippen molar-refractivity contribution in [1.29, 1.82) is 0 Å². The Morgan fingerprint density at radius 3 is 2.55 bits per heavy atom. The van der Waals surface area contributed by atoms with Gasteiger partial charge in [-0.05, 0) is 12.1 Å². The number of para-hydroxylation sites is 1. The summed E-state index contributed by atoms with van der Waals surface area (Å²) in [6.07, 6.45) is 0. The third-order valence-electron chi connectivity index (χ3n) is 1.23. The van der Waals surface area contributed by atoms with E-state index in [1.54, 1.807) is 6.07 Å². The van der Waals surface area contributed by atoms with Crippen molar-refractivity contribution in [3.63, 3.8) is 0 Å². The van der Waals surface area contributed by atoms with E-state index < -0.39 is 4.92 Å². The summed E-state index contributed by atoms with van der Waals surface area (Å²) in [6, 6.07) is 4.61. The minimum atomic E-state index is -0.544. The molecule has 0 saturated carbocycles. The van der Waals surface area contributed by atoms with Crippen molar-refractivity contribution in [2.24, 2.45) is 0 Å². The van der Waals surface area contributed by atoms with Crippen molar-refractivity contribution >= 4 is 24.0 Å². The van der Waals surface area contributed by atoms with Crippen LogP contribution < -0.4 is 5.73 Å². The molecule has 1 aromatic rings. The SMILES string of the molecule is Nc1cccc(S)c1[N+](=O)[O-]. The molecular formula is C6H6N2O2S. The maximum absolute atomic E-state index is 10.3. The Morgan fingerprint density at radius 1 is 1.55 bits per heavy atom. The van der Waals surface area contributed by atoms with Gasteiger partial charge in [0, 0.05) is 0 Å². The van der Waals surface area contributed by atoms with Crippen molar-refractivity contribution in [1.82, 2.24) is 0 Å². The number of hydrogen-bond acceptors (Lipinski definition) is 4. The van der Waals surface area contributed by atoms with Gasteiger partial charge in [0.25, 0.3) is 0 Å². The fourth-order valence-corrected chi connectivity index (χ4v) is 1.04. The molecule has 5 heteroatoms. The Balaban J connectivity index is 3.32. The second-order valence-corrected chi connectivity index (χ2v) is 2.45. The van der Waals surface area contributed by atoms with Gasteiger partial charge in [0.2, 0.25) is 0 Å². The van der Waals surface area contributed by atoms with Crippen LogP contribution in [0.3, 0.4) is 0 Å². The van der Waals surface area contributed by atoms with Crippen LogP contribution in [0.1, 0.15) is 0 Å². The van der Waals surface area contributed by atoms with E-state index in [0.29, 0.717) is 0 Å². The van der Waals surface area contributed by atoms with Gasteiger partial charge in [-0.3, -0.25) is 10.1 Å². The van der Waals surface area contributed by atoms with Crippen LogP contribution in [0.2, 0.25) is 0 Å². The Bertz CT molecular complexity index is 280. The van der Waals surface area contributed by atoms with Gasteiger partial charge in [0.15, 0.2) is 0 Å². The van der Waals surface area contributed by atoms with Crippen LogP contribution in [0.15, 0.2) is 23.1 Å². The quantitative estimate of drug-likeness (QED) is 0.290. The third kappa shape index (κ3) is 1.43. The van der Waals surface area contributed by atoms with Crippen LogP contribution in [-0.2, 0) is 0 Å². The van der Waals surface area contributed by atoms with Crippen molar-refractivity contribution in [2.75, 3.05) is 5.73 Å². The summed E-state index contributed by atoms with van der Waals surface area (Å²) in [4.78, 5) is 10.1. The summed E-state index contributed by atoms with van der Waals surface area (Å²) in [6.45, 7) is 0. The van der Waals surface area contributed by atoms with Crippen molar-refractivity contribution in [3.8, 4) is 0 Å². The molecule has 58 valence electrons. The fraction of sp³-hybridized carbons (Fsp3) is 0. The molecule has 0 atom stereocenters. The van der Waals surface area contributed by atoms with Gasteiger partial charge in [-0.1, -0.05) is 6.07 Å². The first-order chi connectivity index (χ1) is 5.13. The predicted octanol–water partition coefficient (Wildman–Crippen LogP) is 1.47. The average molecular weight is 170 g/mol. The van der Waals surface area contributed by atoms with Crippen LogP contribution in [0, 0.1) is 10.1 Å². The molecule has 1 rings (SSSR count). The highest BCUT2D eigenvalue weighted by Gasteiger charge is 2.13. The number of nitrogens with two attached hydrogens (primary N) is 1. The molecule has 11 heavy (non-hydrogen) atoms. The molecule has 4 nitrogen and oxygen atoms in total. The van der Waals surface area contributed by atoms with E-state index in [2.05, 4.69) is 12.6 Å². The lowest BCUT2D eigenvalue weighted by atomic mass is 10.3. The van der Waals surface area contributed by atoms with E-state index in [0.717, 1.165) is 0 Å². The van der Waals surface area contributed by atoms with Crippen LogP contribution in [0.25, 0.3) is 0 Å². The standard InChI is InChI=1S/C6H6N2O2S/c7-4-2-1-3-5(11)6(4)8(9)10/h1-3,11H,7H2. The van der Waals surface area contributed by atoms with Crippen LogP contribution in [0.4, 0.5) is 11.4 Å². The van der Waals surface area contributed by atoms with E-state index in [1.807, 2.05) is 0 Å². The molecule has 0 radical (unpaired) electrons. The molecule has 0 aliphatic rings. The zero-order chi connectivity index (χ0) is 8.43. The molecular weight excluding hydrogens is 164 g/mol. The summed E-state index contributed by atoms with van der Waals surface area (Å²) >= 11 is 3.89. The van der Waals surface area contributed by atoms with Gasteiger partial charge in [-0.15, -0.1) is 12.6 Å². The first-order valence-corrected chi connectivity index (χ1v) is 3.29. The summed E-state index contributed by atoms with van der Waals surface area (Å²) in [5.41, 5.74) is 5.34. The summed E-state index contributed by atoms with van der Waals surface area (Å²) < 4.78 is 0. The second-order valence-electron chi connectivity index (χ2n) is 1.97. The molecule has 0 aliphatic heterocycles. The first-order valence-electron chi connectivity index (χ1n) is 2.85. The number of nitrogen functional groups attached to an aromatic ring is 1. The second kappa shape index (κ2) is 2.79. The Morgan fingerprint density at radius 2 is 2.18 bits per heavy atom. The minimum Gasteiger partial charge on any atom is -0.393 e. The minimum absolute atomic E-state index is 0.129. The van der Waals surface area contributed by atoms with Crippen molar-refractivity contribution in [2.45, 2.75) is 4.90 Å². The van der Waals surface area contributed by atoms with Crippen LogP contribution in [-0.4, -0.2) is 4.92 Å². The van der Waals surface area contributed by atoms with E-state index >= 15 is 0 Å². The molecule has 0 saturated heterocycles. The zero-order valence-corrected chi connectivity index (χ0v) is 6.41. The number of nitro benzene ring substituents is 1. The average Bonchev–Trinajstić information content (AvgIpc) is 1.85. The lowest BCUT2D eigenvalue weighted by Gasteiger charge is -1.97. The normalized spacial score (nSPS) is 9.55. The van der Waals surface area contributed by atoms with Gasteiger partial charge < -0.3 is 5.73 Å². The highest BCUT2D eigenvalue weighted by molar-refractivity contribution is 7.80. The fourth-order valence-electron chi connectivity index (χ4n) is 0.748. The Hall–Kier alpha value is -1.23. The summed E-state index contributed by atoms with van der Waals surface area (Å²) in [5.74, 6) is 0. The Labute approximate surface area is 68.6 Å². The monoisotopic (exact) mass is 170 g/mol. The molecule has 0 fully saturated rings. The van der Waals surface area contributed by atoms with Crippen molar-refractivity contribution in [3.05, 3.63) is 28.3 Å². The molecule has 0 amide bonds. The Kier molecular flexibility index (Phi) is 2.00. The van der Waals surface area contributed by atoms with Crippen LogP contribution >= 0.6 is 12.6 Å². The first kappa shape index (κ1) is 7.87. The van der Waals surface area contributed by atoms with E-state index in [4.69, 9.17) is 5.73 Å². The maximum atomic E-state index is 10.3. The summed E-state index contributed by atoms with van der Waals surface area (Å²) in [5, 5.41) is 10.3. The number of benzene rings is 1. The topological polar surface area (TPSA) is 69.2 Å². The largest absolute Gasteiger partial charge is 0.393 e. The lowest BCUT2D eigenvalue weighted by molar-refractivity contribution is -0.386. The van der Waals surface area contributed by atoms with Gasteiger partial charge in [0.05, 0.1) is 9.82 Å². The number of hydrogen-bond donors (Lipinski definition) is 2. The third-order valence-corrected chi connectivity index (χ3v) is 1.59. The van der Waals surface area contributed by atoms with Gasteiger partial charge in [-0.2, -0.15) is 0 Å². The van der Waals surface area contributed by atoms with E-state index in [-0.39, 0.29) is 16.3 Å². The van der Waals surface area contributed by atoms with Crippen molar-refractivity contribution < 1.29 is 4.92 Å². The maximum Gasteiger partial charge on any atom is 0.305 e. The number of nitro groups is 1. The smallest absolute Gasteiger partial charge is 0.305 e. The molecule has 0 unspecified atom stereocenters. The molecule has 0 aliphatic carbocycles. The number of rotatable bonds is 1. The predicted molar refractivity (Wildman–Crippen MR) is 44.8 cm³/mol. The molecule has 0 heterocycles. The lowest BCUT2D eigenvalue weighted by Crippen LogP contribution is -1.95. The van der Waals surface area contributed by atoms with E-state index in [1.165, 1.54) is 12.1 Å². The highest BCUT2D eigenvalue weighted by atomic mass is 32.1. The van der Waals surface area contributed by atoms with Gasteiger partial charge in [0.1, 0.15) is 5.69 Å². The molecule has 0 spiro atoms. The number of nitrogens with zero attached hydrogens (tertiary/aromatic N) is 1. The van der Waals surface area contributed by atoms with Gasteiger partial charge >= 0.3 is 5.69 Å². The highest BCUT2D eigenvalue weighted by Crippen LogP contribution is 2.27. The number of thiol groups is 1. The number of anilines is 1. The molecule has 0 bridgehead atoms. The molecule has 1 aromatic carbocycles. The van der Waals surface area contributed by atoms with Crippen LogP contribution in [0.5, 0.6) is 0 Å². The summed E-state index contributed by atoms with van der Waals surface area (Å²) in [7, 11) is 0. The molecule has 0 aromatic heterocycles. The zero-order valence-electron chi connectivity index (χ0n) is 5.52.